The molecule has 0 saturated carbocycles. The van der Waals surface area contributed by atoms with Gasteiger partial charge in [0.1, 0.15) is 6.61 Å². The number of carbonyl (C=O) groups excluding carboxylic acids is 1. The Labute approximate surface area is 131 Å². The van der Waals surface area contributed by atoms with Crippen molar-refractivity contribution >= 4 is 15.7 Å². The molecule has 1 amide bonds. The van der Waals surface area contributed by atoms with Gasteiger partial charge >= 0.3 is 0 Å². The molecule has 2 heterocycles. The molecule has 2 rings (SSSR count). The molecule has 1 aliphatic heterocycles. The van der Waals surface area contributed by atoms with Crippen molar-refractivity contribution in [1.82, 2.24) is 14.7 Å². The first-order chi connectivity index (χ1) is 10.5. The lowest BCUT2D eigenvalue weighted by Crippen LogP contribution is -2.47. The monoisotopic (exact) mass is 329 g/mol. The quantitative estimate of drug-likeness (QED) is 0.715. The van der Waals surface area contributed by atoms with E-state index < -0.39 is 15.9 Å². The van der Waals surface area contributed by atoms with Crippen molar-refractivity contribution < 1.29 is 17.9 Å². The van der Waals surface area contributed by atoms with Gasteiger partial charge in [0.15, 0.2) is 9.84 Å². The number of aromatic nitrogens is 2. The fraction of sp³-hybridized carbons (Fsp3) is 0.714. The fourth-order valence-corrected chi connectivity index (χ4v) is 3.99. The van der Waals surface area contributed by atoms with E-state index in [2.05, 4.69) is 5.10 Å². The predicted octanol–water partition coefficient (Wildman–Crippen LogP) is 0.628. The second-order valence-corrected chi connectivity index (χ2v) is 7.63. The predicted molar refractivity (Wildman–Crippen MR) is 82.1 cm³/mol. The van der Waals surface area contributed by atoms with Gasteiger partial charge in [-0.15, -0.1) is 0 Å². The second-order valence-electron chi connectivity index (χ2n) is 5.40. The lowest BCUT2D eigenvalue weighted by atomic mass is 10.1. The summed E-state index contributed by atoms with van der Waals surface area (Å²) in [5.74, 6) is -0.218. The Hall–Kier alpha value is -1.41. The van der Waals surface area contributed by atoms with Gasteiger partial charge in [0.05, 0.1) is 23.7 Å². The Morgan fingerprint density at radius 1 is 1.45 bits per heavy atom. The third-order valence-electron chi connectivity index (χ3n) is 3.69. The van der Waals surface area contributed by atoms with Gasteiger partial charge in [-0.1, -0.05) is 6.92 Å². The van der Waals surface area contributed by atoms with E-state index in [4.69, 9.17) is 4.74 Å². The lowest BCUT2D eigenvalue weighted by Gasteiger charge is -2.35. The highest BCUT2D eigenvalue weighted by molar-refractivity contribution is 7.91. The van der Waals surface area contributed by atoms with Gasteiger partial charge in [-0.25, -0.2) is 8.42 Å². The van der Waals surface area contributed by atoms with Gasteiger partial charge in [-0.2, -0.15) is 5.10 Å². The van der Waals surface area contributed by atoms with Crippen molar-refractivity contribution in [3.63, 3.8) is 0 Å². The maximum atomic E-state index is 12.3. The van der Waals surface area contributed by atoms with E-state index in [-0.39, 0.29) is 30.6 Å². The van der Waals surface area contributed by atoms with Crippen molar-refractivity contribution in [3.05, 3.63) is 18.0 Å². The molecule has 7 nitrogen and oxygen atoms in total. The molecule has 0 aromatic carbocycles. The molecule has 0 N–H and O–H groups in total. The minimum Gasteiger partial charge on any atom is -0.372 e. The molecule has 0 unspecified atom stereocenters. The summed E-state index contributed by atoms with van der Waals surface area (Å²) in [4.78, 5) is 13.9. The van der Waals surface area contributed by atoms with Gasteiger partial charge in [0, 0.05) is 31.5 Å². The van der Waals surface area contributed by atoms with E-state index in [9.17, 15) is 13.2 Å². The molecule has 1 aromatic rings. The summed E-state index contributed by atoms with van der Waals surface area (Å²) < 4.78 is 30.9. The number of aryl methyl sites for hydroxylation is 1. The third-order valence-corrected chi connectivity index (χ3v) is 5.32. The second kappa shape index (κ2) is 7.23. The number of sulfone groups is 1. The topological polar surface area (TPSA) is 81.5 Å². The first-order valence-electron chi connectivity index (χ1n) is 7.56. The molecular formula is C14H23N3O4S. The zero-order chi connectivity index (χ0) is 16.2. The van der Waals surface area contributed by atoms with Gasteiger partial charge in [-0.3, -0.25) is 9.48 Å². The molecule has 0 radical (unpaired) electrons. The highest BCUT2D eigenvalue weighted by Crippen LogP contribution is 2.26. The molecule has 1 aliphatic rings. The van der Waals surface area contributed by atoms with Gasteiger partial charge in [0.25, 0.3) is 0 Å². The maximum Gasteiger partial charge on any atom is 0.249 e. The summed E-state index contributed by atoms with van der Waals surface area (Å²) in [7, 11) is -3.14. The number of amides is 1. The van der Waals surface area contributed by atoms with Crippen LogP contribution in [-0.2, 0) is 25.9 Å². The van der Waals surface area contributed by atoms with Gasteiger partial charge in [0.2, 0.25) is 5.91 Å². The highest BCUT2D eigenvalue weighted by atomic mass is 32.2. The molecule has 1 aromatic heterocycles. The average Bonchev–Trinajstić information content (AvgIpc) is 2.95. The van der Waals surface area contributed by atoms with E-state index in [1.54, 1.807) is 22.0 Å². The van der Waals surface area contributed by atoms with Crippen LogP contribution in [0.1, 0.15) is 31.9 Å². The van der Waals surface area contributed by atoms with Crippen LogP contribution in [0, 0.1) is 0 Å². The Kier molecular flexibility index (Phi) is 5.57. The van der Waals surface area contributed by atoms with Crippen LogP contribution in [-0.4, -0.2) is 60.3 Å². The fourth-order valence-electron chi connectivity index (χ4n) is 2.49. The number of nitrogens with zero attached hydrogens (tertiary/aromatic N) is 3. The third kappa shape index (κ3) is 4.07. The molecule has 22 heavy (non-hydrogen) atoms. The van der Waals surface area contributed by atoms with E-state index in [0.29, 0.717) is 13.2 Å². The minimum atomic E-state index is -3.14. The lowest BCUT2D eigenvalue weighted by molar-refractivity contribution is -0.138. The van der Waals surface area contributed by atoms with Crippen LogP contribution in [0.2, 0.25) is 0 Å². The standard InChI is InChI=1S/C14H23N3O4S/c1-3-6-21-10-14(18)17-5-7-22(19,20)11-13(17)12-8-15-16(4-2)9-12/h8-9,13H,3-7,10-11H2,1-2H3/t13-/m0/s1. The number of hydrogen-bond donors (Lipinski definition) is 0. The van der Waals surface area contributed by atoms with Crippen LogP contribution >= 0.6 is 0 Å². The summed E-state index contributed by atoms with van der Waals surface area (Å²) in [5, 5.41) is 4.18. The van der Waals surface area contributed by atoms with Crippen LogP contribution in [0.25, 0.3) is 0 Å². The summed E-state index contributed by atoms with van der Waals surface area (Å²) in [6, 6.07) is -0.475. The number of carbonyl (C=O) groups is 1. The Morgan fingerprint density at radius 2 is 2.23 bits per heavy atom. The molecular weight excluding hydrogens is 306 g/mol. The Bertz CT molecular complexity index is 611. The van der Waals surface area contributed by atoms with Gasteiger partial charge in [-0.05, 0) is 13.3 Å². The summed E-state index contributed by atoms with van der Waals surface area (Å²) in [6.07, 6.45) is 4.29. The molecule has 124 valence electrons. The van der Waals surface area contributed by atoms with Crippen molar-refractivity contribution in [2.24, 2.45) is 0 Å². The summed E-state index contributed by atoms with van der Waals surface area (Å²) in [5.41, 5.74) is 0.758. The van der Waals surface area contributed by atoms with Gasteiger partial charge < -0.3 is 9.64 Å². The van der Waals surface area contributed by atoms with Crippen molar-refractivity contribution in [3.8, 4) is 0 Å². The van der Waals surface area contributed by atoms with Crippen LogP contribution in [0.5, 0.6) is 0 Å². The summed E-state index contributed by atoms with van der Waals surface area (Å²) >= 11 is 0. The zero-order valence-electron chi connectivity index (χ0n) is 13.1. The molecule has 1 atom stereocenters. The smallest absolute Gasteiger partial charge is 0.249 e. The van der Waals surface area contributed by atoms with Crippen molar-refractivity contribution in [1.29, 1.82) is 0 Å². The first-order valence-corrected chi connectivity index (χ1v) is 9.39. The van der Waals surface area contributed by atoms with Crippen molar-refractivity contribution in [2.45, 2.75) is 32.9 Å². The molecule has 0 aliphatic carbocycles. The molecule has 0 bridgehead atoms. The normalized spacial score (nSPS) is 21.0. The summed E-state index contributed by atoms with van der Waals surface area (Å²) in [6.45, 7) is 5.35. The Morgan fingerprint density at radius 3 is 2.86 bits per heavy atom. The Balaban J connectivity index is 2.17. The minimum absolute atomic E-state index is 0.00489. The van der Waals surface area contributed by atoms with Crippen LogP contribution in [0.4, 0.5) is 0 Å². The van der Waals surface area contributed by atoms with Crippen LogP contribution in [0.3, 0.4) is 0 Å². The van der Waals surface area contributed by atoms with Crippen molar-refractivity contribution in [2.75, 3.05) is 31.3 Å². The number of rotatable bonds is 6. The largest absolute Gasteiger partial charge is 0.372 e. The number of hydrogen-bond acceptors (Lipinski definition) is 5. The number of ether oxygens (including phenoxy) is 1. The first kappa shape index (κ1) is 17.0. The van der Waals surface area contributed by atoms with E-state index in [1.807, 2.05) is 13.8 Å². The molecule has 8 heteroatoms. The molecule has 1 saturated heterocycles. The van der Waals surface area contributed by atoms with E-state index in [1.165, 1.54) is 0 Å². The highest BCUT2D eigenvalue weighted by Gasteiger charge is 2.35. The van der Waals surface area contributed by atoms with E-state index >= 15 is 0 Å². The zero-order valence-corrected chi connectivity index (χ0v) is 13.9. The molecule has 0 spiro atoms. The maximum absolute atomic E-state index is 12.3. The SMILES string of the molecule is CCCOCC(=O)N1CCS(=O)(=O)C[C@H]1c1cnn(CC)c1. The average molecular weight is 329 g/mol. The van der Waals surface area contributed by atoms with Crippen LogP contribution < -0.4 is 0 Å². The molecule has 1 fully saturated rings. The van der Waals surface area contributed by atoms with E-state index in [0.717, 1.165) is 12.0 Å². The van der Waals surface area contributed by atoms with Crippen LogP contribution in [0.15, 0.2) is 12.4 Å².